The van der Waals surface area contributed by atoms with Crippen molar-refractivity contribution in [1.29, 1.82) is 0 Å². The Morgan fingerprint density at radius 1 is 0.966 bits per heavy atom. The second-order valence-corrected chi connectivity index (χ2v) is 5.75. The van der Waals surface area contributed by atoms with Gasteiger partial charge in [0.1, 0.15) is 5.75 Å². The fourth-order valence-corrected chi connectivity index (χ4v) is 2.38. The molecule has 2 aromatic rings. The van der Waals surface area contributed by atoms with Crippen LogP contribution in [0.4, 0.5) is 11.4 Å². The number of esters is 1. The zero-order valence-electron chi connectivity index (χ0n) is 16.3. The maximum atomic E-state index is 12.4. The van der Waals surface area contributed by atoms with Crippen LogP contribution in [0.5, 0.6) is 17.2 Å². The number of carbonyl (C=O) groups is 2. The molecule has 0 aromatic heterocycles. The van der Waals surface area contributed by atoms with Crippen molar-refractivity contribution >= 4 is 23.3 Å². The van der Waals surface area contributed by atoms with Crippen molar-refractivity contribution in [2.24, 2.45) is 0 Å². The monoisotopic (exact) mass is 404 g/mol. The molecule has 154 valence electrons. The number of hydrogen-bond acceptors (Lipinski definition) is 8. The first-order valence-electron chi connectivity index (χ1n) is 8.37. The molecule has 0 aliphatic heterocycles. The van der Waals surface area contributed by atoms with E-state index in [1.807, 2.05) is 0 Å². The Morgan fingerprint density at radius 2 is 1.62 bits per heavy atom. The lowest BCUT2D eigenvalue weighted by Crippen LogP contribution is -2.30. The SMILES string of the molecule is COc1cc([N+](=O)[O-])ccc1NC(=O)[C@H](C)OC(=O)c1ccc(OC)c(OC)c1. The van der Waals surface area contributed by atoms with E-state index in [2.05, 4.69) is 5.32 Å². The van der Waals surface area contributed by atoms with Crippen molar-refractivity contribution in [3.63, 3.8) is 0 Å². The van der Waals surface area contributed by atoms with Gasteiger partial charge in [0, 0.05) is 6.07 Å². The van der Waals surface area contributed by atoms with Crippen LogP contribution in [0.25, 0.3) is 0 Å². The van der Waals surface area contributed by atoms with Crippen LogP contribution in [0.15, 0.2) is 36.4 Å². The summed E-state index contributed by atoms with van der Waals surface area (Å²) in [6, 6.07) is 8.19. The van der Waals surface area contributed by atoms with Gasteiger partial charge in [0.15, 0.2) is 17.6 Å². The molecule has 10 nitrogen and oxygen atoms in total. The van der Waals surface area contributed by atoms with Crippen molar-refractivity contribution in [3.8, 4) is 17.2 Å². The van der Waals surface area contributed by atoms with Gasteiger partial charge in [0.25, 0.3) is 11.6 Å². The van der Waals surface area contributed by atoms with E-state index in [4.69, 9.17) is 18.9 Å². The van der Waals surface area contributed by atoms with E-state index in [0.29, 0.717) is 11.5 Å². The van der Waals surface area contributed by atoms with Gasteiger partial charge in [-0.1, -0.05) is 0 Å². The Bertz CT molecular complexity index is 928. The summed E-state index contributed by atoms with van der Waals surface area (Å²) in [5.41, 5.74) is 0.195. The second kappa shape index (κ2) is 9.40. The van der Waals surface area contributed by atoms with E-state index in [1.165, 1.54) is 58.6 Å². The molecule has 0 aliphatic rings. The van der Waals surface area contributed by atoms with E-state index in [9.17, 15) is 19.7 Å². The average molecular weight is 404 g/mol. The van der Waals surface area contributed by atoms with Gasteiger partial charge >= 0.3 is 5.97 Å². The number of rotatable bonds is 8. The summed E-state index contributed by atoms with van der Waals surface area (Å²) >= 11 is 0. The largest absolute Gasteiger partial charge is 0.494 e. The van der Waals surface area contributed by atoms with Gasteiger partial charge in [0.2, 0.25) is 0 Å². The molecule has 0 radical (unpaired) electrons. The summed E-state index contributed by atoms with van der Waals surface area (Å²) < 4.78 is 20.5. The van der Waals surface area contributed by atoms with Crippen LogP contribution in [-0.2, 0) is 9.53 Å². The summed E-state index contributed by atoms with van der Waals surface area (Å²) in [4.78, 5) is 35.0. The van der Waals surface area contributed by atoms with Gasteiger partial charge in [-0.2, -0.15) is 0 Å². The third-order valence-electron chi connectivity index (χ3n) is 3.93. The molecule has 0 fully saturated rings. The van der Waals surface area contributed by atoms with Crippen LogP contribution < -0.4 is 19.5 Å². The molecule has 0 aliphatic carbocycles. The highest BCUT2D eigenvalue weighted by molar-refractivity contribution is 5.98. The van der Waals surface area contributed by atoms with Crippen LogP contribution >= 0.6 is 0 Å². The first-order chi connectivity index (χ1) is 13.8. The van der Waals surface area contributed by atoms with Crippen molar-refractivity contribution in [2.45, 2.75) is 13.0 Å². The number of benzene rings is 2. The normalized spacial score (nSPS) is 11.2. The summed E-state index contributed by atoms with van der Waals surface area (Å²) in [5, 5.41) is 13.4. The van der Waals surface area contributed by atoms with Crippen LogP contribution in [0.3, 0.4) is 0 Å². The maximum absolute atomic E-state index is 12.4. The van der Waals surface area contributed by atoms with E-state index in [0.717, 1.165) is 0 Å². The van der Waals surface area contributed by atoms with Gasteiger partial charge in [0.05, 0.1) is 43.6 Å². The summed E-state index contributed by atoms with van der Waals surface area (Å²) in [5.74, 6) is -0.476. The number of hydrogen-bond donors (Lipinski definition) is 1. The van der Waals surface area contributed by atoms with Crippen LogP contribution in [0, 0.1) is 10.1 Å². The van der Waals surface area contributed by atoms with Gasteiger partial charge in [-0.05, 0) is 31.2 Å². The molecule has 0 unspecified atom stereocenters. The topological polar surface area (TPSA) is 126 Å². The molecule has 0 saturated carbocycles. The smallest absolute Gasteiger partial charge is 0.339 e. The molecule has 0 bridgehead atoms. The number of ether oxygens (including phenoxy) is 4. The number of nitrogens with zero attached hydrogens (tertiary/aromatic N) is 1. The highest BCUT2D eigenvalue weighted by Crippen LogP contribution is 2.30. The number of carbonyl (C=O) groups excluding carboxylic acids is 2. The minimum atomic E-state index is -1.14. The van der Waals surface area contributed by atoms with E-state index < -0.39 is 22.9 Å². The lowest BCUT2D eigenvalue weighted by molar-refractivity contribution is -0.384. The van der Waals surface area contributed by atoms with Crippen molar-refractivity contribution in [3.05, 3.63) is 52.1 Å². The van der Waals surface area contributed by atoms with Crippen molar-refractivity contribution < 1.29 is 33.5 Å². The predicted molar refractivity (Wildman–Crippen MR) is 103 cm³/mol. The minimum absolute atomic E-state index is 0.103. The number of methoxy groups -OCH3 is 3. The fraction of sp³-hybridized carbons (Fsp3) is 0.263. The summed E-state index contributed by atoms with van der Waals surface area (Å²) in [6.07, 6.45) is -1.14. The molecule has 10 heteroatoms. The summed E-state index contributed by atoms with van der Waals surface area (Å²) in [7, 11) is 4.21. The number of nitrogens with one attached hydrogen (secondary N) is 1. The van der Waals surface area contributed by atoms with Gasteiger partial charge in [-0.25, -0.2) is 4.79 Å². The van der Waals surface area contributed by atoms with Gasteiger partial charge in [-0.3, -0.25) is 14.9 Å². The fourth-order valence-electron chi connectivity index (χ4n) is 2.38. The zero-order valence-corrected chi connectivity index (χ0v) is 16.3. The molecular formula is C19H20N2O8. The molecule has 0 heterocycles. The minimum Gasteiger partial charge on any atom is -0.494 e. The molecule has 0 spiro atoms. The predicted octanol–water partition coefficient (Wildman–Crippen LogP) is 2.80. The van der Waals surface area contributed by atoms with Crippen LogP contribution in [0.2, 0.25) is 0 Å². The number of non-ortho nitro benzene ring substituents is 1. The number of anilines is 1. The highest BCUT2D eigenvalue weighted by Gasteiger charge is 2.22. The Morgan fingerprint density at radius 3 is 2.21 bits per heavy atom. The highest BCUT2D eigenvalue weighted by atomic mass is 16.6. The van der Waals surface area contributed by atoms with E-state index in [1.54, 1.807) is 6.07 Å². The number of amides is 1. The molecule has 1 amide bonds. The third-order valence-corrected chi connectivity index (χ3v) is 3.93. The number of nitro benzene ring substituents is 1. The first kappa shape index (κ1) is 21.5. The van der Waals surface area contributed by atoms with Crippen molar-refractivity contribution in [1.82, 2.24) is 0 Å². The molecule has 0 saturated heterocycles. The average Bonchev–Trinajstić information content (AvgIpc) is 2.72. The van der Waals surface area contributed by atoms with Crippen LogP contribution in [0.1, 0.15) is 17.3 Å². The Hall–Kier alpha value is -3.82. The Kier molecular flexibility index (Phi) is 6.96. The molecule has 2 aromatic carbocycles. The van der Waals surface area contributed by atoms with Crippen molar-refractivity contribution in [2.75, 3.05) is 26.6 Å². The first-order valence-corrected chi connectivity index (χ1v) is 8.37. The van der Waals surface area contributed by atoms with Crippen LogP contribution in [-0.4, -0.2) is 44.2 Å². The Balaban J connectivity index is 2.09. The lowest BCUT2D eigenvalue weighted by Gasteiger charge is -2.15. The molecule has 29 heavy (non-hydrogen) atoms. The van der Waals surface area contributed by atoms with Gasteiger partial charge in [-0.15, -0.1) is 0 Å². The Labute approximate surface area is 166 Å². The number of nitro groups is 1. The zero-order chi connectivity index (χ0) is 21.6. The molecule has 1 atom stereocenters. The molecule has 1 N–H and O–H groups in total. The summed E-state index contributed by atoms with van der Waals surface area (Å²) in [6.45, 7) is 1.39. The second-order valence-electron chi connectivity index (χ2n) is 5.75. The molecular weight excluding hydrogens is 384 g/mol. The lowest BCUT2D eigenvalue weighted by atomic mass is 10.2. The van der Waals surface area contributed by atoms with E-state index in [-0.39, 0.29) is 22.7 Å². The molecule has 2 rings (SSSR count). The maximum Gasteiger partial charge on any atom is 0.339 e. The standard InChI is InChI=1S/C19H20N2O8/c1-11(29-19(23)12-5-8-15(26-2)17(9-12)28-4)18(22)20-14-7-6-13(21(24)25)10-16(14)27-3/h5-11H,1-4H3,(H,20,22)/t11-/m0/s1. The van der Waals surface area contributed by atoms with Gasteiger partial charge < -0.3 is 24.3 Å². The quantitative estimate of drug-likeness (QED) is 0.404. The van der Waals surface area contributed by atoms with E-state index >= 15 is 0 Å². The third kappa shape index (κ3) is 5.12.